The van der Waals surface area contributed by atoms with Crippen molar-refractivity contribution >= 4 is 39.1 Å². The number of urea groups is 1. The predicted octanol–water partition coefficient (Wildman–Crippen LogP) is 3.68. The van der Waals surface area contributed by atoms with Gasteiger partial charge in [-0.3, -0.25) is 4.98 Å². The van der Waals surface area contributed by atoms with E-state index in [1.165, 1.54) is 13.8 Å². The number of pyridine rings is 1. The van der Waals surface area contributed by atoms with Crippen LogP contribution in [0.25, 0.3) is 0 Å². The van der Waals surface area contributed by atoms with E-state index >= 15 is 0 Å². The van der Waals surface area contributed by atoms with Gasteiger partial charge in [-0.2, -0.15) is 0 Å². The van der Waals surface area contributed by atoms with Gasteiger partial charge in [-0.25, -0.2) is 23.5 Å². The lowest BCUT2D eigenvalue weighted by atomic mass is 10.0. The number of thiazole rings is 1. The molecule has 1 saturated carbocycles. The van der Waals surface area contributed by atoms with Crippen LogP contribution >= 0.6 is 11.3 Å². The van der Waals surface area contributed by atoms with E-state index in [0.29, 0.717) is 11.6 Å². The fraction of sp³-hybridized carbons (Fsp3) is 0.500. The van der Waals surface area contributed by atoms with Crippen LogP contribution in [0.1, 0.15) is 66.6 Å². The number of carbonyl (C=O) groups is 2. The molecular weight excluding hydrogens is 454 g/mol. The number of nitrogens with one attached hydrogen (secondary N) is 2. The Morgan fingerprint density at radius 2 is 2.03 bits per heavy atom. The number of aliphatic hydroxyl groups is 1. The number of anilines is 1. The van der Waals surface area contributed by atoms with Gasteiger partial charge in [0.05, 0.1) is 11.9 Å². The molecule has 4 N–H and O–H groups in total. The number of hydrogen-bond acceptors (Lipinski definition) is 7. The molecule has 0 spiro atoms. The molecule has 2 aliphatic carbocycles. The van der Waals surface area contributed by atoms with Crippen molar-refractivity contribution < 1.29 is 24.0 Å². The smallest absolute Gasteiger partial charge is 0.441 e. The van der Waals surface area contributed by atoms with Crippen molar-refractivity contribution in [3.8, 4) is 0 Å². The number of carboxylic acid groups (broad SMARTS) is 1. The summed E-state index contributed by atoms with van der Waals surface area (Å²) in [6.07, 6.45) is 4.08. The first-order valence-electron chi connectivity index (χ1n) is 10.3. The van der Waals surface area contributed by atoms with Gasteiger partial charge in [0.15, 0.2) is 9.92 Å². The summed E-state index contributed by atoms with van der Waals surface area (Å²) in [6, 6.07) is -0.820. The SMILES string of the molecule is Cc1nc2c(c(NC(=O)NS(=O)(=NC(=O)O)c3cnc(C(C)(C)O)s3)c1C1CC1)CCC2. The molecule has 32 heavy (non-hydrogen) atoms. The van der Waals surface area contributed by atoms with Crippen molar-refractivity contribution in [3.63, 3.8) is 0 Å². The Bertz CT molecular complexity index is 1220. The van der Waals surface area contributed by atoms with E-state index in [2.05, 4.69) is 19.4 Å². The highest BCUT2D eigenvalue weighted by molar-refractivity contribution is 7.94. The van der Waals surface area contributed by atoms with E-state index < -0.39 is 27.6 Å². The zero-order chi connectivity index (χ0) is 23.3. The molecule has 0 radical (unpaired) electrons. The number of nitrogens with zero attached hydrogens (tertiary/aromatic N) is 3. The molecule has 1 unspecified atom stereocenters. The minimum absolute atomic E-state index is 0.0641. The van der Waals surface area contributed by atoms with Gasteiger partial charge >= 0.3 is 12.1 Å². The first-order chi connectivity index (χ1) is 15.0. The quantitative estimate of drug-likeness (QED) is 0.510. The molecule has 0 aliphatic heterocycles. The highest BCUT2D eigenvalue weighted by Gasteiger charge is 2.33. The molecule has 2 aromatic rings. The van der Waals surface area contributed by atoms with E-state index in [9.17, 15) is 24.0 Å². The minimum atomic E-state index is -3.87. The number of carbonyl (C=O) groups excluding carboxylic acids is 1. The zero-order valence-electron chi connectivity index (χ0n) is 18.0. The number of aromatic nitrogens is 2. The third kappa shape index (κ3) is 4.48. The first-order valence-corrected chi connectivity index (χ1v) is 12.6. The number of fused-ring (bicyclic) bond motifs is 1. The Kier molecular flexibility index (Phi) is 5.72. The molecule has 0 aromatic carbocycles. The Morgan fingerprint density at radius 3 is 2.62 bits per heavy atom. The highest BCUT2D eigenvalue weighted by Crippen LogP contribution is 2.47. The average Bonchev–Trinajstić information content (AvgIpc) is 3.15. The van der Waals surface area contributed by atoms with Crippen LogP contribution in [0.5, 0.6) is 0 Å². The molecule has 2 aromatic heterocycles. The minimum Gasteiger partial charge on any atom is -0.463 e. The van der Waals surface area contributed by atoms with Crippen LogP contribution in [0, 0.1) is 6.92 Å². The van der Waals surface area contributed by atoms with Crippen molar-refractivity contribution in [1.29, 1.82) is 0 Å². The van der Waals surface area contributed by atoms with Gasteiger partial charge < -0.3 is 15.5 Å². The van der Waals surface area contributed by atoms with E-state index in [1.807, 2.05) is 6.92 Å². The predicted molar refractivity (Wildman–Crippen MR) is 119 cm³/mol. The summed E-state index contributed by atoms with van der Waals surface area (Å²) in [6.45, 7) is 4.92. The van der Waals surface area contributed by atoms with Crippen LogP contribution in [-0.2, 0) is 28.4 Å². The molecule has 2 heterocycles. The fourth-order valence-electron chi connectivity index (χ4n) is 3.90. The van der Waals surface area contributed by atoms with Gasteiger partial charge in [0, 0.05) is 17.0 Å². The number of aryl methyl sites for hydroxylation is 2. The zero-order valence-corrected chi connectivity index (χ0v) is 19.6. The molecule has 12 heteroatoms. The third-order valence-electron chi connectivity index (χ3n) is 5.39. The topological polar surface area (TPSA) is 154 Å². The summed E-state index contributed by atoms with van der Waals surface area (Å²) in [4.78, 5) is 33.0. The third-order valence-corrected chi connectivity index (χ3v) is 8.95. The van der Waals surface area contributed by atoms with Crippen molar-refractivity contribution in [2.24, 2.45) is 4.36 Å². The molecule has 172 valence electrons. The Hall–Kier alpha value is -2.57. The van der Waals surface area contributed by atoms with Crippen molar-refractivity contribution in [2.45, 2.75) is 68.6 Å². The molecule has 2 aliphatic rings. The lowest BCUT2D eigenvalue weighted by Gasteiger charge is -2.18. The largest absolute Gasteiger partial charge is 0.463 e. The van der Waals surface area contributed by atoms with Crippen LogP contribution in [0.4, 0.5) is 15.3 Å². The average molecular weight is 480 g/mol. The summed E-state index contributed by atoms with van der Waals surface area (Å²) in [5.74, 6) is 0.326. The number of amides is 3. The van der Waals surface area contributed by atoms with Crippen molar-refractivity contribution in [1.82, 2.24) is 14.7 Å². The van der Waals surface area contributed by atoms with Gasteiger partial charge in [-0.05, 0) is 64.4 Å². The Balaban J connectivity index is 1.68. The van der Waals surface area contributed by atoms with Crippen molar-refractivity contribution in [3.05, 3.63) is 33.7 Å². The highest BCUT2D eigenvalue weighted by atomic mass is 32.2. The summed E-state index contributed by atoms with van der Waals surface area (Å²) in [7, 11) is -3.87. The second-order valence-corrected chi connectivity index (χ2v) is 11.7. The monoisotopic (exact) mass is 479 g/mol. The van der Waals surface area contributed by atoms with Gasteiger partial charge in [-0.1, -0.05) is 0 Å². The Labute approximate surface area is 189 Å². The van der Waals surface area contributed by atoms with E-state index in [4.69, 9.17) is 4.98 Å². The second-order valence-electron chi connectivity index (χ2n) is 8.54. The maximum atomic E-state index is 13.4. The van der Waals surface area contributed by atoms with E-state index in [0.717, 1.165) is 72.2 Å². The first kappa shape index (κ1) is 22.6. The molecular formula is C20H25N5O5S2. The van der Waals surface area contributed by atoms with Crippen LogP contribution in [0.15, 0.2) is 14.8 Å². The standard InChI is InChI=1S/C20H25N5O5S2/c1-10-15(11-7-8-11)16(12-5-4-6-13(12)22-10)23-18(26)24-32(30,25-19(27)28)14-9-21-17(31-14)20(2,3)29/h9,11,29H,4-8H2,1-3H3,(H,27,28)(H2,22,23,24,25,26,30). The molecule has 0 saturated heterocycles. The van der Waals surface area contributed by atoms with Crippen LogP contribution in [0.2, 0.25) is 0 Å². The molecule has 3 amide bonds. The van der Waals surface area contributed by atoms with Gasteiger partial charge in [0.2, 0.25) is 0 Å². The lowest BCUT2D eigenvalue weighted by molar-refractivity contribution is 0.0783. The van der Waals surface area contributed by atoms with Gasteiger partial charge in [0.1, 0.15) is 14.8 Å². The van der Waals surface area contributed by atoms with E-state index in [-0.39, 0.29) is 9.22 Å². The second kappa shape index (κ2) is 8.09. The summed E-state index contributed by atoms with van der Waals surface area (Å²) in [5.41, 5.74) is 3.17. The summed E-state index contributed by atoms with van der Waals surface area (Å²) >= 11 is 0.831. The van der Waals surface area contributed by atoms with E-state index in [1.54, 1.807) is 0 Å². The molecule has 0 bridgehead atoms. The van der Waals surface area contributed by atoms with Crippen molar-refractivity contribution in [2.75, 3.05) is 5.32 Å². The Morgan fingerprint density at radius 1 is 1.31 bits per heavy atom. The number of rotatable bonds is 5. The fourth-order valence-corrected chi connectivity index (χ4v) is 6.43. The van der Waals surface area contributed by atoms with Gasteiger partial charge in [0.25, 0.3) is 0 Å². The maximum absolute atomic E-state index is 13.4. The van der Waals surface area contributed by atoms with Gasteiger partial charge in [-0.15, -0.1) is 15.7 Å². The van der Waals surface area contributed by atoms with Crippen LogP contribution in [0.3, 0.4) is 0 Å². The van der Waals surface area contributed by atoms with Crippen LogP contribution in [-0.4, -0.2) is 36.5 Å². The number of hydrogen-bond donors (Lipinski definition) is 4. The van der Waals surface area contributed by atoms with Crippen LogP contribution < -0.4 is 10.0 Å². The molecule has 4 rings (SSSR count). The normalized spacial score (nSPS) is 17.4. The maximum Gasteiger partial charge on any atom is 0.441 e. The molecule has 10 nitrogen and oxygen atoms in total. The molecule has 1 atom stereocenters. The lowest BCUT2D eigenvalue weighted by Crippen LogP contribution is -2.35. The summed E-state index contributed by atoms with van der Waals surface area (Å²) in [5, 5.41) is 22.4. The summed E-state index contributed by atoms with van der Waals surface area (Å²) < 4.78 is 18.9. The molecule has 1 fully saturated rings.